The fourth-order valence-corrected chi connectivity index (χ4v) is 2.49. The normalized spacial score (nSPS) is 21.3. The van der Waals surface area contributed by atoms with Crippen molar-refractivity contribution < 1.29 is 18.7 Å². The average Bonchev–Trinajstić information content (AvgIpc) is 3.20. The fraction of sp³-hybridized carbons (Fsp3) is 0.222. The lowest BCUT2D eigenvalue weighted by Gasteiger charge is -2.16. The van der Waals surface area contributed by atoms with Crippen molar-refractivity contribution in [2.75, 3.05) is 18.1 Å². The summed E-state index contributed by atoms with van der Waals surface area (Å²) in [7, 11) is 0. The van der Waals surface area contributed by atoms with Crippen LogP contribution in [0.4, 0.5) is 5.69 Å². The van der Waals surface area contributed by atoms with E-state index in [4.69, 9.17) is 13.9 Å². The molecule has 2 aromatic rings. The van der Waals surface area contributed by atoms with Crippen molar-refractivity contribution in [3.8, 4) is 5.75 Å². The molecule has 1 unspecified atom stereocenters. The number of rotatable bonds is 5. The third-order valence-electron chi connectivity index (χ3n) is 3.81. The maximum atomic E-state index is 12.6. The number of nitrogens with zero attached hydrogens (tertiary/aromatic N) is 2. The summed E-state index contributed by atoms with van der Waals surface area (Å²) < 4.78 is 15.7. The predicted octanol–water partition coefficient (Wildman–Crippen LogP) is 2.86. The second-order valence-corrected chi connectivity index (χ2v) is 5.65. The average molecular weight is 324 g/mol. The van der Waals surface area contributed by atoms with Crippen LogP contribution in [0.15, 0.2) is 58.0 Å². The number of hydrogen-bond donors (Lipinski definition) is 0. The van der Waals surface area contributed by atoms with Gasteiger partial charge >= 0.3 is 0 Å². The summed E-state index contributed by atoms with van der Waals surface area (Å²) in [5, 5.41) is 0. The van der Waals surface area contributed by atoms with Crippen LogP contribution in [-0.2, 0) is 9.53 Å². The Morgan fingerprint density at radius 2 is 2.12 bits per heavy atom. The molecule has 3 heterocycles. The predicted molar refractivity (Wildman–Crippen MR) is 89.0 cm³/mol. The molecular weight excluding hydrogens is 308 g/mol. The van der Waals surface area contributed by atoms with Crippen LogP contribution in [0.1, 0.15) is 12.5 Å². The van der Waals surface area contributed by atoms with Gasteiger partial charge in [0, 0.05) is 5.56 Å². The SMILES string of the molecule is CC1=N/C(=C\c2ccoc2)C(=O)N1c1ccc(OCC2CO2)cc1. The van der Waals surface area contributed by atoms with Gasteiger partial charge in [-0.3, -0.25) is 9.69 Å². The first-order valence-corrected chi connectivity index (χ1v) is 7.69. The second-order valence-electron chi connectivity index (χ2n) is 5.65. The molecule has 2 aliphatic heterocycles. The first-order valence-electron chi connectivity index (χ1n) is 7.69. The van der Waals surface area contributed by atoms with Gasteiger partial charge in [0.25, 0.3) is 5.91 Å². The molecule has 1 aromatic heterocycles. The maximum absolute atomic E-state index is 12.6. The van der Waals surface area contributed by atoms with Gasteiger partial charge in [0.1, 0.15) is 30.0 Å². The molecule has 1 fully saturated rings. The zero-order valence-corrected chi connectivity index (χ0v) is 13.1. The van der Waals surface area contributed by atoms with E-state index in [0.717, 1.165) is 23.6 Å². The zero-order valence-electron chi connectivity index (χ0n) is 13.1. The number of benzene rings is 1. The number of ether oxygens (including phenoxy) is 2. The van der Waals surface area contributed by atoms with Crippen molar-refractivity contribution in [1.82, 2.24) is 0 Å². The minimum atomic E-state index is -0.159. The standard InChI is InChI=1S/C18H16N2O4/c1-12-19-17(8-13-6-7-22-9-13)18(21)20(12)14-2-4-15(5-3-14)23-10-16-11-24-16/h2-9,16H,10-11H2,1H3/b17-8-. The van der Waals surface area contributed by atoms with Crippen LogP contribution in [0.2, 0.25) is 0 Å². The van der Waals surface area contributed by atoms with Crippen LogP contribution in [0.3, 0.4) is 0 Å². The molecule has 0 N–H and O–H groups in total. The van der Waals surface area contributed by atoms with Gasteiger partial charge in [-0.05, 0) is 43.3 Å². The van der Waals surface area contributed by atoms with Crippen molar-refractivity contribution in [3.63, 3.8) is 0 Å². The van der Waals surface area contributed by atoms with Gasteiger partial charge in [-0.1, -0.05) is 0 Å². The van der Waals surface area contributed by atoms with Crippen LogP contribution in [0.5, 0.6) is 5.75 Å². The van der Waals surface area contributed by atoms with Crippen LogP contribution >= 0.6 is 0 Å². The smallest absolute Gasteiger partial charge is 0.282 e. The Labute approximate surface area is 139 Å². The quantitative estimate of drug-likeness (QED) is 0.626. The lowest BCUT2D eigenvalue weighted by Crippen LogP contribution is -2.30. The number of amidine groups is 1. The van der Waals surface area contributed by atoms with E-state index in [2.05, 4.69) is 4.99 Å². The lowest BCUT2D eigenvalue weighted by molar-refractivity contribution is -0.113. The molecule has 2 aliphatic rings. The summed E-state index contributed by atoms with van der Waals surface area (Å²) in [5.74, 6) is 1.23. The monoisotopic (exact) mass is 324 g/mol. The molecule has 1 atom stereocenters. The summed E-state index contributed by atoms with van der Waals surface area (Å²) in [6, 6.07) is 9.16. The first-order chi connectivity index (χ1) is 11.7. The summed E-state index contributed by atoms with van der Waals surface area (Å²) >= 11 is 0. The van der Waals surface area contributed by atoms with Crippen molar-refractivity contribution >= 4 is 23.5 Å². The Kier molecular flexibility index (Phi) is 3.66. The number of furan rings is 1. The number of anilines is 1. The van der Waals surface area contributed by atoms with Crippen LogP contribution in [0.25, 0.3) is 6.08 Å². The summed E-state index contributed by atoms with van der Waals surface area (Å²) in [5.41, 5.74) is 1.95. The van der Waals surface area contributed by atoms with Gasteiger partial charge < -0.3 is 13.9 Å². The van der Waals surface area contributed by atoms with Gasteiger partial charge in [0.2, 0.25) is 0 Å². The molecule has 0 saturated carbocycles. The third kappa shape index (κ3) is 2.96. The molecule has 0 radical (unpaired) electrons. The molecule has 0 aliphatic carbocycles. The van der Waals surface area contributed by atoms with E-state index in [1.165, 1.54) is 0 Å². The second kappa shape index (κ2) is 5.98. The van der Waals surface area contributed by atoms with Gasteiger partial charge in [-0.25, -0.2) is 4.99 Å². The summed E-state index contributed by atoms with van der Waals surface area (Å²) in [6.07, 6.45) is 5.06. The third-order valence-corrected chi connectivity index (χ3v) is 3.81. The number of hydrogen-bond acceptors (Lipinski definition) is 5. The van der Waals surface area contributed by atoms with E-state index < -0.39 is 0 Å². The maximum Gasteiger partial charge on any atom is 0.282 e. The first kappa shape index (κ1) is 14.7. The van der Waals surface area contributed by atoms with Crippen molar-refractivity contribution in [3.05, 3.63) is 54.1 Å². The molecule has 24 heavy (non-hydrogen) atoms. The van der Waals surface area contributed by atoms with E-state index in [9.17, 15) is 4.79 Å². The van der Waals surface area contributed by atoms with Crippen molar-refractivity contribution in [2.45, 2.75) is 13.0 Å². The van der Waals surface area contributed by atoms with Crippen molar-refractivity contribution in [2.24, 2.45) is 4.99 Å². The number of carbonyl (C=O) groups is 1. The van der Waals surface area contributed by atoms with E-state index in [-0.39, 0.29) is 12.0 Å². The van der Waals surface area contributed by atoms with Crippen LogP contribution in [0, 0.1) is 0 Å². The van der Waals surface area contributed by atoms with Gasteiger partial charge in [-0.15, -0.1) is 0 Å². The Morgan fingerprint density at radius 1 is 1.33 bits per heavy atom. The Hall–Kier alpha value is -2.86. The van der Waals surface area contributed by atoms with E-state index >= 15 is 0 Å². The van der Waals surface area contributed by atoms with Gasteiger partial charge in [-0.2, -0.15) is 0 Å². The molecule has 6 heteroatoms. The highest BCUT2D eigenvalue weighted by molar-refractivity contribution is 6.28. The molecule has 6 nitrogen and oxygen atoms in total. The Bertz CT molecular complexity index is 802. The highest BCUT2D eigenvalue weighted by Gasteiger charge is 2.29. The minimum Gasteiger partial charge on any atom is -0.491 e. The molecule has 0 bridgehead atoms. The number of aliphatic imine (C=N–C) groups is 1. The highest BCUT2D eigenvalue weighted by atomic mass is 16.6. The topological polar surface area (TPSA) is 67.6 Å². The highest BCUT2D eigenvalue weighted by Crippen LogP contribution is 2.27. The van der Waals surface area contributed by atoms with Gasteiger partial charge in [0.05, 0.1) is 24.8 Å². The fourth-order valence-electron chi connectivity index (χ4n) is 2.49. The summed E-state index contributed by atoms with van der Waals surface area (Å²) in [4.78, 5) is 18.6. The Balaban J connectivity index is 1.51. The molecule has 1 amide bonds. The molecular formula is C18H16N2O4. The molecule has 0 spiro atoms. The summed E-state index contributed by atoms with van der Waals surface area (Å²) in [6.45, 7) is 3.13. The Morgan fingerprint density at radius 3 is 2.79 bits per heavy atom. The zero-order chi connectivity index (χ0) is 16.5. The van der Waals surface area contributed by atoms with E-state index in [1.54, 1.807) is 29.6 Å². The van der Waals surface area contributed by atoms with E-state index in [1.807, 2.05) is 31.2 Å². The molecule has 1 aromatic carbocycles. The van der Waals surface area contributed by atoms with Crippen LogP contribution in [-0.4, -0.2) is 31.1 Å². The molecule has 1 saturated heterocycles. The largest absolute Gasteiger partial charge is 0.491 e. The van der Waals surface area contributed by atoms with Gasteiger partial charge in [0.15, 0.2) is 0 Å². The van der Waals surface area contributed by atoms with Crippen LogP contribution < -0.4 is 9.64 Å². The minimum absolute atomic E-state index is 0.159. The molecule has 4 rings (SSSR count). The number of epoxide rings is 1. The van der Waals surface area contributed by atoms with E-state index in [0.29, 0.717) is 18.1 Å². The van der Waals surface area contributed by atoms with Crippen molar-refractivity contribution in [1.29, 1.82) is 0 Å². The number of carbonyl (C=O) groups excluding carboxylic acids is 1. The number of amides is 1. The molecule has 122 valence electrons. The lowest BCUT2D eigenvalue weighted by atomic mass is 10.2.